The quantitative estimate of drug-likeness (QED) is 0.398. The van der Waals surface area contributed by atoms with Gasteiger partial charge in [-0.3, -0.25) is 9.59 Å². The van der Waals surface area contributed by atoms with Crippen LogP contribution in [0.2, 0.25) is 0 Å². The average molecular weight is 313 g/mol. The monoisotopic (exact) mass is 313 g/mol. The molecular weight excluding hydrogens is 294 g/mol. The van der Waals surface area contributed by atoms with Gasteiger partial charge >= 0.3 is 11.9 Å². The van der Waals surface area contributed by atoms with E-state index in [1.165, 1.54) is 12.2 Å². The van der Waals surface area contributed by atoms with Crippen molar-refractivity contribution in [2.75, 3.05) is 13.2 Å². The Balaban J connectivity index is 2.72. The summed E-state index contributed by atoms with van der Waals surface area (Å²) in [4.78, 5) is 24.0. The number of nitriles is 1. The minimum Gasteiger partial charge on any atom is -0.461 e. The Labute approximate surface area is 135 Å². The fourth-order valence-corrected chi connectivity index (χ4v) is 1.87. The highest BCUT2D eigenvalue weighted by Crippen LogP contribution is 2.14. The summed E-state index contributed by atoms with van der Waals surface area (Å²) in [5.41, 5.74) is 1.48. The van der Waals surface area contributed by atoms with Gasteiger partial charge < -0.3 is 9.47 Å². The lowest BCUT2D eigenvalue weighted by molar-refractivity contribution is -0.161. The topological polar surface area (TPSA) is 76.4 Å². The van der Waals surface area contributed by atoms with E-state index in [-0.39, 0.29) is 19.6 Å². The van der Waals surface area contributed by atoms with Gasteiger partial charge in [0, 0.05) is 0 Å². The molecule has 23 heavy (non-hydrogen) atoms. The third-order valence-electron chi connectivity index (χ3n) is 3.06. The smallest absolute Gasteiger partial charge is 0.320 e. The SMILES string of the molecule is C=CCOC(=O)C(CCc1ccc(C#N)cc1)C(=O)OCC=C. The van der Waals surface area contributed by atoms with E-state index in [2.05, 4.69) is 13.2 Å². The number of carbonyl (C=O) groups is 2. The van der Waals surface area contributed by atoms with Crippen LogP contribution < -0.4 is 0 Å². The summed E-state index contributed by atoms with van der Waals surface area (Å²) in [6, 6.07) is 9.00. The summed E-state index contributed by atoms with van der Waals surface area (Å²) < 4.78 is 9.91. The van der Waals surface area contributed by atoms with Crippen molar-refractivity contribution >= 4 is 11.9 Å². The van der Waals surface area contributed by atoms with Crippen LogP contribution in [0.3, 0.4) is 0 Å². The van der Waals surface area contributed by atoms with Gasteiger partial charge in [-0.1, -0.05) is 37.4 Å². The molecule has 0 radical (unpaired) electrons. The van der Waals surface area contributed by atoms with Gasteiger partial charge in [-0.25, -0.2) is 0 Å². The molecule has 1 aromatic rings. The highest BCUT2D eigenvalue weighted by atomic mass is 16.6. The van der Waals surface area contributed by atoms with Crippen LogP contribution in [0.5, 0.6) is 0 Å². The second-order valence-electron chi connectivity index (χ2n) is 4.74. The number of esters is 2. The number of rotatable bonds is 9. The van der Waals surface area contributed by atoms with E-state index in [0.29, 0.717) is 12.0 Å². The van der Waals surface area contributed by atoms with Crippen molar-refractivity contribution in [3.63, 3.8) is 0 Å². The zero-order valence-corrected chi connectivity index (χ0v) is 12.9. The van der Waals surface area contributed by atoms with Gasteiger partial charge in [0.05, 0.1) is 11.6 Å². The van der Waals surface area contributed by atoms with Crippen molar-refractivity contribution in [2.45, 2.75) is 12.8 Å². The van der Waals surface area contributed by atoms with Crippen LogP contribution in [0, 0.1) is 17.2 Å². The summed E-state index contributed by atoms with van der Waals surface area (Å²) >= 11 is 0. The summed E-state index contributed by atoms with van der Waals surface area (Å²) in [6.07, 6.45) is 3.62. The Morgan fingerprint density at radius 1 is 1.09 bits per heavy atom. The van der Waals surface area contributed by atoms with Crippen molar-refractivity contribution in [1.82, 2.24) is 0 Å². The molecule has 5 nitrogen and oxygen atoms in total. The van der Waals surface area contributed by atoms with Gasteiger partial charge in [-0.05, 0) is 30.5 Å². The molecule has 0 heterocycles. The summed E-state index contributed by atoms with van der Waals surface area (Å²) in [6.45, 7) is 7.01. The van der Waals surface area contributed by atoms with Crippen LogP contribution in [-0.2, 0) is 25.5 Å². The third kappa shape index (κ3) is 6.18. The molecule has 0 N–H and O–H groups in total. The molecule has 0 bridgehead atoms. The van der Waals surface area contributed by atoms with E-state index >= 15 is 0 Å². The zero-order chi connectivity index (χ0) is 17.1. The molecule has 1 rings (SSSR count). The number of ether oxygens (including phenoxy) is 2. The highest BCUT2D eigenvalue weighted by Gasteiger charge is 2.29. The molecule has 120 valence electrons. The summed E-state index contributed by atoms with van der Waals surface area (Å²) in [5, 5.41) is 8.77. The molecule has 0 aliphatic carbocycles. The van der Waals surface area contributed by atoms with Crippen LogP contribution in [0.15, 0.2) is 49.6 Å². The highest BCUT2D eigenvalue weighted by molar-refractivity contribution is 5.95. The molecule has 5 heteroatoms. The maximum atomic E-state index is 12.0. The van der Waals surface area contributed by atoms with Gasteiger partial charge in [-0.15, -0.1) is 0 Å². The van der Waals surface area contributed by atoms with Crippen LogP contribution in [0.1, 0.15) is 17.5 Å². The second-order valence-corrected chi connectivity index (χ2v) is 4.74. The number of hydrogen-bond acceptors (Lipinski definition) is 5. The van der Waals surface area contributed by atoms with Crippen molar-refractivity contribution in [3.05, 3.63) is 60.7 Å². The first-order valence-corrected chi connectivity index (χ1v) is 7.16. The Hall–Kier alpha value is -2.87. The Morgan fingerprint density at radius 3 is 2.04 bits per heavy atom. The molecule has 0 aliphatic heterocycles. The van der Waals surface area contributed by atoms with Gasteiger partial charge in [0.25, 0.3) is 0 Å². The molecule has 0 aromatic heterocycles. The largest absolute Gasteiger partial charge is 0.461 e. The molecule has 0 fully saturated rings. The standard InChI is InChI=1S/C18H19NO4/c1-3-11-22-17(20)16(18(21)23-12-4-2)10-9-14-5-7-15(13-19)8-6-14/h3-8,16H,1-2,9-12H2. The first-order chi connectivity index (χ1) is 11.1. The van der Waals surface area contributed by atoms with E-state index in [0.717, 1.165) is 5.56 Å². The second kappa shape index (κ2) is 9.96. The molecule has 0 atom stereocenters. The van der Waals surface area contributed by atoms with Gasteiger partial charge in [0.2, 0.25) is 0 Å². The summed E-state index contributed by atoms with van der Waals surface area (Å²) in [7, 11) is 0. The molecule has 0 spiro atoms. The Bertz CT molecular complexity index is 574. The maximum absolute atomic E-state index is 12.0. The third-order valence-corrected chi connectivity index (χ3v) is 3.06. The lowest BCUT2D eigenvalue weighted by Crippen LogP contribution is -2.28. The van der Waals surface area contributed by atoms with Crippen LogP contribution >= 0.6 is 0 Å². The molecule has 0 amide bonds. The zero-order valence-electron chi connectivity index (χ0n) is 12.9. The number of aryl methyl sites for hydroxylation is 1. The van der Waals surface area contributed by atoms with Crippen LogP contribution in [-0.4, -0.2) is 25.2 Å². The van der Waals surface area contributed by atoms with Gasteiger partial charge in [-0.2, -0.15) is 5.26 Å². The van der Waals surface area contributed by atoms with Crippen LogP contribution in [0.25, 0.3) is 0 Å². The molecular formula is C18H19NO4. The van der Waals surface area contributed by atoms with Crippen molar-refractivity contribution < 1.29 is 19.1 Å². The molecule has 0 saturated heterocycles. The molecule has 1 aromatic carbocycles. The van der Waals surface area contributed by atoms with Gasteiger partial charge in [0.1, 0.15) is 13.2 Å². The van der Waals surface area contributed by atoms with E-state index in [1.807, 2.05) is 6.07 Å². The minimum atomic E-state index is -0.995. The summed E-state index contributed by atoms with van der Waals surface area (Å²) in [5.74, 6) is -2.26. The van der Waals surface area contributed by atoms with Crippen molar-refractivity contribution in [2.24, 2.45) is 5.92 Å². The van der Waals surface area contributed by atoms with E-state index in [4.69, 9.17) is 14.7 Å². The Morgan fingerprint density at radius 2 is 1.61 bits per heavy atom. The first-order valence-electron chi connectivity index (χ1n) is 7.16. The molecule has 0 saturated carbocycles. The maximum Gasteiger partial charge on any atom is 0.320 e. The normalized spacial score (nSPS) is 9.74. The number of nitrogens with zero attached hydrogens (tertiary/aromatic N) is 1. The average Bonchev–Trinajstić information content (AvgIpc) is 2.58. The fraction of sp³-hybridized carbons (Fsp3) is 0.278. The minimum absolute atomic E-state index is 0.0426. The van der Waals surface area contributed by atoms with Crippen molar-refractivity contribution in [1.29, 1.82) is 5.26 Å². The van der Waals surface area contributed by atoms with E-state index in [9.17, 15) is 9.59 Å². The first kappa shape index (κ1) is 18.2. The fourth-order valence-electron chi connectivity index (χ4n) is 1.87. The lowest BCUT2D eigenvalue weighted by atomic mass is 9.99. The van der Waals surface area contributed by atoms with Gasteiger partial charge in [0.15, 0.2) is 5.92 Å². The molecule has 0 unspecified atom stereocenters. The predicted octanol–water partition coefficient (Wildman–Crippen LogP) is 2.57. The van der Waals surface area contributed by atoms with Crippen molar-refractivity contribution in [3.8, 4) is 6.07 Å². The Kier molecular flexibility index (Phi) is 7.87. The van der Waals surface area contributed by atoms with Crippen LogP contribution in [0.4, 0.5) is 0 Å². The molecule has 0 aliphatic rings. The van der Waals surface area contributed by atoms with E-state index < -0.39 is 17.9 Å². The van der Waals surface area contributed by atoms with E-state index in [1.54, 1.807) is 24.3 Å². The number of carbonyl (C=O) groups excluding carboxylic acids is 2. The number of benzene rings is 1. The lowest BCUT2D eigenvalue weighted by Gasteiger charge is -2.14. The number of hydrogen-bond donors (Lipinski definition) is 0. The predicted molar refractivity (Wildman–Crippen MR) is 85.3 cm³/mol.